The number of rotatable bonds is 4. The molecule has 0 amide bonds. The van der Waals surface area contributed by atoms with E-state index in [0.717, 1.165) is 9.79 Å². The maximum atomic E-state index is 10.7. The summed E-state index contributed by atoms with van der Waals surface area (Å²) in [5, 5.41) is 27.1. The van der Waals surface area contributed by atoms with Gasteiger partial charge in [0.2, 0.25) is 0 Å². The molecule has 0 aromatic heterocycles. The van der Waals surface area contributed by atoms with Gasteiger partial charge in [-0.05, 0) is 42.5 Å². The van der Waals surface area contributed by atoms with Crippen LogP contribution in [0.5, 0.6) is 5.75 Å². The normalized spacial score (nSPS) is 9.95. The highest BCUT2D eigenvalue weighted by atomic mass is 32.2. The zero-order valence-corrected chi connectivity index (χ0v) is 11.2. The smallest absolute Gasteiger partial charge is 0.307 e. The van der Waals surface area contributed by atoms with Crippen molar-refractivity contribution in [2.45, 2.75) is 16.2 Å². The molecule has 0 aliphatic heterocycles. The Morgan fingerprint density at radius 1 is 1.15 bits per heavy atom. The van der Waals surface area contributed by atoms with E-state index in [1.165, 1.54) is 17.8 Å². The summed E-state index contributed by atoms with van der Waals surface area (Å²) >= 11 is 1.44. The van der Waals surface area contributed by atoms with E-state index in [1.807, 2.05) is 18.2 Å². The van der Waals surface area contributed by atoms with Gasteiger partial charge in [-0.25, -0.2) is 0 Å². The first-order valence-corrected chi connectivity index (χ1v) is 6.62. The van der Waals surface area contributed by atoms with Crippen LogP contribution in [-0.2, 0) is 11.2 Å². The Kier molecular flexibility index (Phi) is 4.28. The van der Waals surface area contributed by atoms with Crippen molar-refractivity contribution in [2.75, 3.05) is 0 Å². The molecule has 0 saturated heterocycles. The lowest BCUT2D eigenvalue weighted by Crippen LogP contribution is -2.00. The van der Waals surface area contributed by atoms with Crippen molar-refractivity contribution in [1.82, 2.24) is 0 Å². The van der Waals surface area contributed by atoms with E-state index in [0.29, 0.717) is 11.1 Å². The van der Waals surface area contributed by atoms with Gasteiger partial charge in [0.25, 0.3) is 0 Å². The van der Waals surface area contributed by atoms with Crippen LogP contribution in [0.4, 0.5) is 0 Å². The molecule has 2 aromatic rings. The van der Waals surface area contributed by atoms with Gasteiger partial charge in [-0.3, -0.25) is 4.79 Å². The first-order chi connectivity index (χ1) is 9.58. The van der Waals surface area contributed by atoms with E-state index in [2.05, 4.69) is 0 Å². The Hall–Kier alpha value is -2.45. The average molecular weight is 285 g/mol. The Morgan fingerprint density at radius 2 is 1.80 bits per heavy atom. The van der Waals surface area contributed by atoms with Crippen molar-refractivity contribution in [1.29, 1.82) is 5.26 Å². The molecule has 0 bridgehead atoms. The third-order valence-electron chi connectivity index (χ3n) is 2.61. The second-order valence-corrected chi connectivity index (χ2v) is 5.25. The lowest BCUT2D eigenvalue weighted by atomic mass is 10.1. The summed E-state index contributed by atoms with van der Waals surface area (Å²) in [5.74, 6) is -1.00. The quantitative estimate of drug-likeness (QED) is 0.902. The minimum absolute atomic E-state index is 0.0171. The molecular formula is C15H11NO3S. The number of aliphatic carboxylic acids is 1. The van der Waals surface area contributed by atoms with Crippen LogP contribution in [0, 0.1) is 11.3 Å². The molecule has 20 heavy (non-hydrogen) atoms. The van der Waals surface area contributed by atoms with Gasteiger partial charge in [-0.15, -0.1) is 0 Å². The monoisotopic (exact) mass is 285 g/mol. The molecule has 2 N–H and O–H groups in total. The van der Waals surface area contributed by atoms with Crippen LogP contribution in [0.2, 0.25) is 0 Å². The van der Waals surface area contributed by atoms with Crippen LogP contribution in [0.15, 0.2) is 52.3 Å². The number of carboxylic acids is 1. The summed E-state index contributed by atoms with van der Waals surface area (Å²) in [6.07, 6.45) is -0.215. The van der Waals surface area contributed by atoms with Gasteiger partial charge in [0.1, 0.15) is 5.75 Å². The Morgan fingerprint density at radius 3 is 2.40 bits per heavy atom. The van der Waals surface area contributed by atoms with Crippen molar-refractivity contribution in [3.63, 3.8) is 0 Å². The molecular weight excluding hydrogens is 274 g/mol. The molecule has 4 nitrogen and oxygen atoms in total. The van der Waals surface area contributed by atoms with E-state index < -0.39 is 5.97 Å². The number of phenolic OH excluding ortho intramolecular Hbond substituents is 1. The first kappa shape index (κ1) is 14.0. The Balaban J connectivity index is 2.20. The lowest BCUT2D eigenvalue weighted by molar-refractivity contribution is -0.136. The number of nitrogens with zero attached hydrogens (tertiary/aromatic N) is 1. The number of hydrogen-bond donors (Lipinski definition) is 2. The SMILES string of the molecule is N#Cc1ccc(Sc2ccc(O)c(CC(=O)O)c2)cc1. The molecule has 0 spiro atoms. The molecule has 0 aliphatic carbocycles. The molecule has 2 aromatic carbocycles. The molecule has 0 fully saturated rings. The van der Waals surface area contributed by atoms with E-state index in [-0.39, 0.29) is 12.2 Å². The molecule has 0 radical (unpaired) electrons. The van der Waals surface area contributed by atoms with E-state index in [9.17, 15) is 9.90 Å². The van der Waals surface area contributed by atoms with Crippen molar-refractivity contribution < 1.29 is 15.0 Å². The second-order valence-electron chi connectivity index (χ2n) is 4.10. The van der Waals surface area contributed by atoms with Crippen molar-refractivity contribution in [3.05, 3.63) is 53.6 Å². The van der Waals surface area contributed by atoms with Crippen LogP contribution in [0.1, 0.15) is 11.1 Å². The third-order valence-corrected chi connectivity index (χ3v) is 3.61. The molecule has 100 valence electrons. The van der Waals surface area contributed by atoms with Crippen LogP contribution in [0.25, 0.3) is 0 Å². The minimum atomic E-state index is -0.985. The average Bonchev–Trinajstić information content (AvgIpc) is 2.43. The summed E-state index contributed by atoms with van der Waals surface area (Å²) in [7, 11) is 0. The predicted octanol–water partition coefficient (Wildman–Crippen LogP) is 3.04. The number of benzene rings is 2. The molecule has 0 aliphatic rings. The van der Waals surface area contributed by atoms with Crippen LogP contribution >= 0.6 is 11.8 Å². The zero-order chi connectivity index (χ0) is 14.5. The van der Waals surface area contributed by atoms with Gasteiger partial charge >= 0.3 is 5.97 Å². The van der Waals surface area contributed by atoms with Crippen LogP contribution in [-0.4, -0.2) is 16.2 Å². The fraction of sp³-hybridized carbons (Fsp3) is 0.0667. The van der Waals surface area contributed by atoms with Crippen molar-refractivity contribution in [2.24, 2.45) is 0 Å². The molecule has 2 rings (SSSR count). The Labute approximate surface area is 120 Å². The van der Waals surface area contributed by atoms with Gasteiger partial charge in [0.15, 0.2) is 0 Å². The highest BCUT2D eigenvalue weighted by Crippen LogP contribution is 2.31. The number of hydrogen-bond acceptors (Lipinski definition) is 4. The zero-order valence-electron chi connectivity index (χ0n) is 10.4. The van der Waals surface area contributed by atoms with Gasteiger partial charge < -0.3 is 10.2 Å². The third kappa shape index (κ3) is 3.53. The minimum Gasteiger partial charge on any atom is -0.508 e. The molecule has 0 saturated carbocycles. The topological polar surface area (TPSA) is 81.3 Å². The Bertz CT molecular complexity index is 675. The number of carboxylic acid groups (broad SMARTS) is 1. The summed E-state index contributed by atoms with van der Waals surface area (Å²) in [4.78, 5) is 12.5. The number of aromatic hydroxyl groups is 1. The fourth-order valence-corrected chi connectivity index (χ4v) is 2.55. The van der Waals surface area contributed by atoms with E-state index in [4.69, 9.17) is 10.4 Å². The maximum absolute atomic E-state index is 10.7. The molecule has 0 atom stereocenters. The number of nitriles is 1. The highest BCUT2D eigenvalue weighted by molar-refractivity contribution is 7.99. The standard InChI is InChI=1S/C15H11NO3S/c16-9-10-1-3-12(4-2-10)20-13-5-6-14(17)11(7-13)8-15(18)19/h1-7,17H,8H2,(H,18,19). The summed E-state index contributed by atoms with van der Waals surface area (Å²) < 4.78 is 0. The first-order valence-electron chi connectivity index (χ1n) is 5.80. The van der Waals surface area contributed by atoms with Crippen LogP contribution < -0.4 is 0 Å². The van der Waals surface area contributed by atoms with Gasteiger partial charge in [-0.2, -0.15) is 5.26 Å². The largest absolute Gasteiger partial charge is 0.508 e. The molecule has 0 heterocycles. The number of carbonyl (C=O) groups is 1. The second kappa shape index (κ2) is 6.13. The highest BCUT2D eigenvalue weighted by Gasteiger charge is 2.08. The molecule has 5 heteroatoms. The summed E-state index contributed by atoms with van der Waals surface area (Å²) in [6.45, 7) is 0. The predicted molar refractivity (Wildman–Crippen MR) is 74.7 cm³/mol. The summed E-state index contributed by atoms with van der Waals surface area (Å²) in [5.41, 5.74) is 0.975. The van der Waals surface area contributed by atoms with E-state index >= 15 is 0 Å². The molecule has 0 unspecified atom stereocenters. The maximum Gasteiger partial charge on any atom is 0.307 e. The summed E-state index contributed by atoms with van der Waals surface area (Å²) in [6, 6.07) is 14.0. The van der Waals surface area contributed by atoms with Gasteiger partial charge in [-0.1, -0.05) is 11.8 Å². The lowest BCUT2D eigenvalue weighted by Gasteiger charge is -2.06. The van der Waals surface area contributed by atoms with E-state index in [1.54, 1.807) is 24.3 Å². The van der Waals surface area contributed by atoms with Gasteiger partial charge in [0.05, 0.1) is 18.1 Å². The number of phenols is 1. The van der Waals surface area contributed by atoms with Crippen molar-refractivity contribution >= 4 is 17.7 Å². The fourth-order valence-electron chi connectivity index (χ4n) is 1.66. The van der Waals surface area contributed by atoms with Gasteiger partial charge in [0, 0.05) is 15.4 Å². The van der Waals surface area contributed by atoms with Crippen molar-refractivity contribution in [3.8, 4) is 11.8 Å². The van der Waals surface area contributed by atoms with Crippen LogP contribution in [0.3, 0.4) is 0 Å².